The molecule has 1 aliphatic heterocycles. The fourth-order valence-electron chi connectivity index (χ4n) is 3.03. The first-order valence-electron chi connectivity index (χ1n) is 7.54. The second-order valence-corrected chi connectivity index (χ2v) is 5.86. The van der Waals surface area contributed by atoms with E-state index in [1.54, 1.807) is 15.6 Å². The molecule has 3 aromatic rings. The van der Waals surface area contributed by atoms with Crippen molar-refractivity contribution < 1.29 is 4.79 Å². The van der Waals surface area contributed by atoms with Gasteiger partial charge in [0.2, 0.25) is 0 Å². The summed E-state index contributed by atoms with van der Waals surface area (Å²) in [7, 11) is 0. The zero-order valence-corrected chi connectivity index (χ0v) is 13.3. The van der Waals surface area contributed by atoms with Crippen LogP contribution in [0.2, 0.25) is 0 Å². The number of carbonyl (C=O) groups is 1. The third kappa shape index (κ3) is 2.18. The molecule has 0 N–H and O–H groups in total. The zero-order chi connectivity index (χ0) is 16.1. The maximum absolute atomic E-state index is 12.9. The van der Waals surface area contributed by atoms with Gasteiger partial charge in [0.1, 0.15) is 17.2 Å². The van der Waals surface area contributed by atoms with Gasteiger partial charge in [-0.05, 0) is 26.8 Å². The van der Waals surface area contributed by atoms with Crippen LogP contribution in [0.25, 0.3) is 5.65 Å². The van der Waals surface area contributed by atoms with Gasteiger partial charge < -0.3 is 4.90 Å². The average Bonchev–Trinajstić information content (AvgIpc) is 3.08. The van der Waals surface area contributed by atoms with E-state index >= 15 is 0 Å². The Kier molecular flexibility index (Phi) is 2.93. The van der Waals surface area contributed by atoms with E-state index in [0.29, 0.717) is 30.8 Å². The lowest BCUT2D eigenvalue weighted by atomic mass is 10.2. The number of aromatic nitrogens is 6. The lowest BCUT2D eigenvalue weighted by Gasteiger charge is -2.26. The van der Waals surface area contributed by atoms with Crippen LogP contribution >= 0.6 is 0 Å². The molecule has 0 aromatic carbocycles. The van der Waals surface area contributed by atoms with Crippen molar-refractivity contribution in [3.8, 4) is 0 Å². The molecular weight excluding hydrogens is 294 g/mol. The van der Waals surface area contributed by atoms with Crippen molar-refractivity contribution in [1.82, 2.24) is 34.3 Å². The minimum Gasteiger partial charge on any atom is -0.329 e. The molecule has 0 saturated carbocycles. The molecule has 0 aliphatic carbocycles. The third-order valence-electron chi connectivity index (χ3n) is 4.06. The van der Waals surface area contributed by atoms with E-state index in [1.165, 1.54) is 0 Å². The van der Waals surface area contributed by atoms with Gasteiger partial charge in [-0.3, -0.25) is 4.79 Å². The second kappa shape index (κ2) is 4.87. The summed E-state index contributed by atoms with van der Waals surface area (Å²) in [4.78, 5) is 23.5. The van der Waals surface area contributed by atoms with E-state index in [4.69, 9.17) is 0 Å². The smallest absolute Gasteiger partial charge is 0.259 e. The van der Waals surface area contributed by atoms with Gasteiger partial charge in [0.15, 0.2) is 5.65 Å². The summed E-state index contributed by atoms with van der Waals surface area (Å²) in [6, 6.07) is 1.94. The van der Waals surface area contributed by atoms with Gasteiger partial charge in [0, 0.05) is 17.9 Å². The third-order valence-corrected chi connectivity index (χ3v) is 4.06. The Morgan fingerprint density at radius 2 is 2.00 bits per heavy atom. The highest BCUT2D eigenvalue weighted by Crippen LogP contribution is 2.17. The monoisotopic (exact) mass is 311 g/mol. The van der Waals surface area contributed by atoms with Gasteiger partial charge in [-0.25, -0.2) is 19.2 Å². The minimum atomic E-state index is -0.0654. The average molecular weight is 311 g/mol. The summed E-state index contributed by atoms with van der Waals surface area (Å²) in [6.45, 7) is 7.46. The number of hydrogen-bond donors (Lipinski definition) is 0. The van der Waals surface area contributed by atoms with Crippen molar-refractivity contribution in [3.05, 3.63) is 40.9 Å². The van der Waals surface area contributed by atoms with E-state index in [-0.39, 0.29) is 5.91 Å². The lowest BCUT2D eigenvalue weighted by Crippen LogP contribution is -2.38. The Morgan fingerprint density at radius 3 is 2.83 bits per heavy atom. The first-order valence-corrected chi connectivity index (χ1v) is 7.54. The summed E-state index contributed by atoms with van der Waals surface area (Å²) >= 11 is 0. The Hall–Kier alpha value is -2.77. The van der Waals surface area contributed by atoms with Gasteiger partial charge in [0.05, 0.1) is 19.3 Å². The van der Waals surface area contributed by atoms with Crippen LogP contribution < -0.4 is 0 Å². The van der Waals surface area contributed by atoms with Crippen molar-refractivity contribution in [2.75, 3.05) is 6.54 Å². The molecule has 8 heteroatoms. The van der Waals surface area contributed by atoms with Gasteiger partial charge >= 0.3 is 0 Å². The fraction of sp³-hybridized carbons (Fsp3) is 0.400. The molecular formula is C15H17N7O. The second-order valence-electron chi connectivity index (χ2n) is 5.86. The molecule has 3 aromatic heterocycles. The Bertz CT molecular complexity index is 923. The predicted octanol–water partition coefficient (Wildman–Crippen LogP) is 0.902. The SMILES string of the molecule is Cc1cc(C)n2ncc(C(=O)N3CCn4nc(C)nc4C3)c2n1. The number of nitrogens with zero attached hydrogens (tertiary/aromatic N) is 7. The van der Waals surface area contributed by atoms with Gasteiger partial charge in [-0.2, -0.15) is 10.2 Å². The standard InChI is InChI=1S/C15H17N7O/c1-9-6-10(2)22-14(17-9)12(7-16-22)15(23)20-4-5-21-13(8-20)18-11(3)19-21/h6-7H,4-5,8H2,1-3H3. The maximum Gasteiger partial charge on any atom is 0.259 e. The number of hydrogen-bond acceptors (Lipinski definition) is 5. The quantitative estimate of drug-likeness (QED) is 0.667. The summed E-state index contributed by atoms with van der Waals surface area (Å²) in [5.41, 5.74) is 2.97. The Labute approximate surface area is 132 Å². The summed E-state index contributed by atoms with van der Waals surface area (Å²) in [5.74, 6) is 1.49. The predicted molar refractivity (Wildman–Crippen MR) is 82.0 cm³/mol. The van der Waals surface area contributed by atoms with Crippen molar-refractivity contribution in [1.29, 1.82) is 0 Å². The molecule has 4 heterocycles. The van der Waals surface area contributed by atoms with E-state index < -0.39 is 0 Å². The van der Waals surface area contributed by atoms with Gasteiger partial charge in [-0.1, -0.05) is 0 Å². The van der Waals surface area contributed by atoms with Crippen molar-refractivity contribution in [3.63, 3.8) is 0 Å². The summed E-state index contributed by atoms with van der Waals surface area (Å²) < 4.78 is 3.57. The van der Waals surface area contributed by atoms with Crippen LogP contribution in [0.4, 0.5) is 0 Å². The van der Waals surface area contributed by atoms with E-state index in [0.717, 1.165) is 23.0 Å². The van der Waals surface area contributed by atoms with E-state index in [2.05, 4.69) is 20.2 Å². The fourth-order valence-corrected chi connectivity index (χ4v) is 3.03. The topological polar surface area (TPSA) is 81.2 Å². The van der Waals surface area contributed by atoms with Gasteiger partial charge in [0.25, 0.3) is 5.91 Å². The van der Waals surface area contributed by atoms with Crippen molar-refractivity contribution in [2.24, 2.45) is 0 Å². The van der Waals surface area contributed by atoms with E-state index in [9.17, 15) is 4.79 Å². The number of rotatable bonds is 1. The van der Waals surface area contributed by atoms with Gasteiger partial charge in [-0.15, -0.1) is 0 Å². The van der Waals surface area contributed by atoms with Crippen LogP contribution in [-0.4, -0.2) is 46.7 Å². The molecule has 0 atom stereocenters. The molecule has 118 valence electrons. The van der Waals surface area contributed by atoms with Crippen LogP contribution in [0, 0.1) is 20.8 Å². The highest BCUT2D eigenvalue weighted by atomic mass is 16.2. The molecule has 0 bridgehead atoms. The maximum atomic E-state index is 12.9. The first-order chi connectivity index (χ1) is 11.0. The van der Waals surface area contributed by atoms with Crippen LogP contribution in [0.15, 0.2) is 12.3 Å². The molecule has 0 radical (unpaired) electrons. The number of carbonyl (C=O) groups excluding carboxylic acids is 1. The highest BCUT2D eigenvalue weighted by molar-refractivity contribution is 5.99. The molecule has 23 heavy (non-hydrogen) atoms. The molecule has 8 nitrogen and oxygen atoms in total. The van der Waals surface area contributed by atoms with Crippen LogP contribution in [0.1, 0.15) is 33.4 Å². The van der Waals surface area contributed by atoms with E-state index in [1.807, 2.05) is 31.5 Å². The molecule has 1 aliphatic rings. The minimum absolute atomic E-state index is 0.0654. The Balaban J connectivity index is 1.70. The molecule has 0 spiro atoms. The molecule has 0 saturated heterocycles. The first kappa shape index (κ1) is 13.9. The zero-order valence-electron chi connectivity index (χ0n) is 13.3. The van der Waals surface area contributed by atoms with Crippen LogP contribution in [0.5, 0.6) is 0 Å². The van der Waals surface area contributed by atoms with Crippen molar-refractivity contribution in [2.45, 2.75) is 33.9 Å². The molecule has 4 rings (SSSR count). The lowest BCUT2D eigenvalue weighted by molar-refractivity contribution is 0.0704. The highest BCUT2D eigenvalue weighted by Gasteiger charge is 2.26. The Morgan fingerprint density at radius 1 is 1.17 bits per heavy atom. The number of fused-ring (bicyclic) bond motifs is 2. The summed E-state index contributed by atoms with van der Waals surface area (Å²) in [6.07, 6.45) is 1.60. The normalized spacial score (nSPS) is 14.3. The largest absolute Gasteiger partial charge is 0.329 e. The summed E-state index contributed by atoms with van der Waals surface area (Å²) in [5, 5.41) is 8.62. The van der Waals surface area contributed by atoms with Crippen molar-refractivity contribution >= 4 is 11.6 Å². The number of aryl methyl sites for hydroxylation is 3. The molecule has 0 unspecified atom stereocenters. The molecule has 1 amide bonds. The van der Waals surface area contributed by atoms with Crippen LogP contribution in [0.3, 0.4) is 0 Å². The van der Waals surface area contributed by atoms with Crippen LogP contribution in [-0.2, 0) is 13.1 Å². The molecule has 0 fully saturated rings. The number of amides is 1.